The lowest BCUT2D eigenvalue weighted by molar-refractivity contribution is -0.140. The quantitative estimate of drug-likeness (QED) is 0.407. The van der Waals surface area contributed by atoms with Crippen molar-refractivity contribution in [3.63, 3.8) is 0 Å². The summed E-state index contributed by atoms with van der Waals surface area (Å²) in [4.78, 5) is 25.9. The van der Waals surface area contributed by atoms with Crippen LogP contribution in [0, 0.1) is 35.5 Å². The molecule has 5 nitrogen and oxygen atoms in total. The molecule has 6 atom stereocenters. The Hall–Kier alpha value is -2.37. The van der Waals surface area contributed by atoms with Gasteiger partial charge in [0, 0.05) is 10.6 Å². The topological polar surface area (TPSA) is 62.9 Å². The zero-order valence-corrected chi connectivity index (χ0v) is 16.7. The van der Waals surface area contributed by atoms with E-state index in [0.717, 1.165) is 11.4 Å². The van der Waals surface area contributed by atoms with Crippen LogP contribution in [0.15, 0.2) is 52.0 Å². The zero-order valence-electron chi connectivity index (χ0n) is 15.2. The lowest BCUT2D eigenvalue weighted by Gasteiger charge is -2.37. The summed E-state index contributed by atoms with van der Waals surface area (Å²) in [5.41, 5.74) is 0.705. The summed E-state index contributed by atoms with van der Waals surface area (Å²) >= 11 is 12.2. The van der Waals surface area contributed by atoms with E-state index in [1.807, 2.05) is 0 Å². The Kier molecular flexibility index (Phi) is 3.66. The maximum Gasteiger partial charge on any atom is 0.254 e. The highest BCUT2D eigenvalue weighted by Crippen LogP contribution is 2.65. The predicted octanol–water partition coefficient (Wildman–Crippen LogP) is 4.64. The first-order valence-electron chi connectivity index (χ1n) is 9.68. The van der Waals surface area contributed by atoms with E-state index in [1.54, 1.807) is 30.3 Å². The summed E-state index contributed by atoms with van der Waals surface area (Å²) in [7, 11) is 0. The number of hydrogen-bond acceptors (Lipinski definition) is 4. The van der Waals surface area contributed by atoms with Crippen LogP contribution in [-0.4, -0.2) is 23.0 Å². The second-order valence-electron chi connectivity index (χ2n) is 8.21. The number of benzene rings is 1. The molecule has 0 spiro atoms. The maximum atomic E-state index is 12.9. The Balaban J connectivity index is 1.25. The van der Waals surface area contributed by atoms with Crippen LogP contribution in [0.5, 0.6) is 0 Å². The van der Waals surface area contributed by atoms with E-state index in [-0.39, 0.29) is 35.5 Å². The molecule has 2 heterocycles. The van der Waals surface area contributed by atoms with Gasteiger partial charge in [-0.2, -0.15) is 10.1 Å². The molecule has 5 aliphatic rings. The van der Waals surface area contributed by atoms with Gasteiger partial charge in [0.25, 0.3) is 11.8 Å². The molecule has 4 aliphatic carbocycles. The summed E-state index contributed by atoms with van der Waals surface area (Å²) in [5.74, 6) is 1.64. The first kappa shape index (κ1) is 17.5. The van der Waals surface area contributed by atoms with E-state index in [9.17, 15) is 9.59 Å². The smallest absolute Gasteiger partial charge is 0.254 e. The van der Waals surface area contributed by atoms with Crippen molar-refractivity contribution in [1.82, 2.24) is 5.01 Å². The van der Waals surface area contributed by atoms with Crippen LogP contribution < -0.4 is 0 Å². The summed E-state index contributed by atoms with van der Waals surface area (Å²) in [6, 6.07) is 8.64. The number of hydrazone groups is 1. The SMILES string of the molecule is O=C1[C@@H]2[C@@H]3C=C[C@H]([C@H]4C[C@@H]34)[C@@H]2C(=O)N1/N=C\c1ccc(-c2ccc(Cl)cc2Cl)o1. The molecule has 7 rings (SSSR count). The molecule has 1 aliphatic heterocycles. The molecule has 2 bridgehead atoms. The third-order valence-corrected chi connectivity index (χ3v) is 7.31. The van der Waals surface area contributed by atoms with Gasteiger partial charge in [0.1, 0.15) is 11.5 Å². The van der Waals surface area contributed by atoms with Crippen molar-refractivity contribution in [3.05, 3.63) is 58.3 Å². The number of amides is 2. The summed E-state index contributed by atoms with van der Waals surface area (Å²) < 4.78 is 5.78. The van der Waals surface area contributed by atoms with Crippen molar-refractivity contribution in [2.45, 2.75) is 6.42 Å². The minimum atomic E-state index is -0.251. The number of rotatable bonds is 3. The number of allylic oxidation sites excluding steroid dienone is 2. The van der Waals surface area contributed by atoms with Crippen LogP contribution in [-0.2, 0) is 9.59 Å². The molecule has 2 aromatic rings. The van der Waals surface area contributed by atoms with E-state index in [1.165, 1.54) is 6.21 Å². The van der Waals surface area contributed by atoms with Gasteiger partial charge in [0.05, 0.1) is 23.1 Å². The van der Waals surface area contributed by atoms with E-state index in [4.69, 9.17) is 27.6 Å². The lowest BCUT2D eigenvalue weighted by atomic mass is 9.63. The molecule has 2 saturated carbocycles. The van der Waals surface area contributed by atoms with E-state index < -0.39 is 0 Å². The average Bonchev–Trinajstić information content (AvgIpc) is 3.34. The predicted molar refractivity (Wildman–Crippen MR) is 108 cm³/mol. The van der Waals surface area contributed by atoms with Gasteiger partial charge in [-0.05, 0) is 60.4 Å². The summed E-state index contributed by atoms with van der Waals surface area (Å²) in [6.07, 6.45) is 6.85. The van der Waals surface area contributed by atoms with Gasteiger partial charge in [-0.1, -0.05) is 35.4 Å². The van der Waals surface area contributed by atoms with Crippen molar-refractivity contribution in [1.29, 1.82) is 0 Å². The number of hydrogen-bond donors (Lipinski definition) is 0. The minimum absolute atomic E-state index is 0.187. The van der Waals surface area contributed by atoms with Crippen molar-refractivity contribution in [2.75, 3.05) is 0 Å². The zero-order chi connectivity index (χ0) is 19.9. The number of nitrogens with zero attached hydrogens (tertiary/aromatic N) is 2. The molecule has 0 radical (unpaired) electrons. The van der Waals surface area contributed by atoms with Crippen LogP contribution in [0.2, 0.25) is 10.0 Å². The van der Waals surface area contributed by atoms with Gasteiger partial charge in [-0.3, -0.25) is 9.59 Å². The number of halogens is 2. The van der Waals surface area contributed by atoms with Crippen molar-refractivity contribution < 1.29 is 14.0 Å². The van der Waals surface area contributed by atoms with Crippen molar-refractivity contribution >= 4 is 41.2 Å². The Bertz CT molecular complexity index is 1090. The maximum absolute atomic E-state index is 12.9. The van der Waals surface area contributed by atoms with Crippen LogP contribution >= 0.6 is 23.2 Å². The van der Waals surface area contributed by atoms with E-state index in [0.29, 0.717) is 39.0 Å². The van der Waals surface area contributed by atoms with Gasteiger partial charge < -0.3 is 4.42 Å². The third-order valence-electron chi connectivity index (χ3n) is 6.76. The summed E-state index contributed by atoms with van der Waals surface area (Å²) in [5, 5.41) is 6.26. The molecule has 2 amide bonds. The molecule has 0 unspecified atom stereocenters. The number of carbonyl (C=O) groups is 2. The second kappa shape index (κ2) is 6.07. The highest BCUT2D eigenvalue weighted by molar-refractivity contribution is 6.36. The fourth-order valence-electron chi connectivity index (χ4n) is 5.43. The van der Waals surface area contributed by atoms with Crippen molar-refractivity contribution in [2.24, 2.45) is 40.6 Å². The second-order valence-corrected chi connectivity index (χ2v) is 9.06. The van der Waals surface area contributed by atoms with Crippen molar-refractivity contribution in [3.8, 4) is 11.3 Å². The molecule has 0 N–H and O–H groups in total. The first-order valence-corrected chi connectivity index (χ1v) is 10.4. The lowest BCUT2D eigenvalue weighted by Crippen LogP contribution is -2.40. The molecule has 7 heteroatoms. The van der Waals surface area contributed by atoms with Crippen LogP contribution in [0.4, 0.5) is 0 Å². The van der Waals surface area contributed by atoms with Gasteiger partial charge in [0.15, 0.2) is 0 Å². The normalized spacial score (nSPS) is 34.2. The highest BCUT2D eigenvalue weighted by Gasteiger charge is 2.67. The molecule has 3 fully saturated rings. The molecule has 29 heavy (non-hydrogen) atoms. The largest absolute Gasteiger partial charge is 0.455 e. The fraction of sp³-hybridized carbons (Fsp3) is 0.318. The number of furan rings is 1. The highest BCUT2D eigenvalue weighted by atomic mass is 35.5. The monoisotopic (exact) mass is 426 g/mol. The number of carbonyl (C=O) groups excluding carboxylic acids is 2. The summed E-state index contributed by atoms with van der Waals surface area (Å²) in [6.45, 7) is 0. The fourth-order valence-corrected chi connectivity index (χ4v) is 5.93. The third kappa shape index (κ3) is 2.50. The van der Waals surface area contributed by atoms with Gasteiger partial charge in [-0.15, -0.1) is 0 Å². The molecule has 1 aromatic carbocycles. The number of imide groups is 1. The Morgan fingerprint density at radius 2 is 1.69 bits per heavy atom. The van der Waals surface area contributed by atoms with Gasteiger partial charge >= 0.3 is 0 Å². The molecule has 1 aromatic heterocycles. The molecule has 1 saturated heterocycles. The van der Waals surface area contributed by atoms with E-state index >= 15 is 0 Å². The molecular formula is C22H16Cl2N2O3. The van der Waals surface area contributed by atoms with Crippen LogP contribution in [0.3, 0.4) is 0 Å². The average molecular weight is 427 g/mol. The van der Waals surface area contributed by atoms with Gasteiger partial charge in [0.2, 0.25) is 0 Å². The van der Waals surface area contributed by atoms with Crippen LogP contribution in [0.25, 0.3) is 11.3 Å². The Morgan fingerprint density at radius 3 is 2.34 bits per heavy atom. The van der Waals surface area contributed by atoms with Gasteiger partial charge in [-0.25, -0.2) is 0 Å². The molecular weight excluding hydrogens is 411 g/mol. The van der Waals surface area contributed by atoms with Crippen LogP contribution in [0.1, 0.15) is 12.2 Å². The standard InChI is InChI=1S/C22H16Cl2N2O3/c23-10-1-3-14(17(24)7-10)18-6-2-11(29-18)9-25-26-21(27)19-12-4-5-13(16-8-15(12)16)20(19)22(26)28/h1-7,9,12-13,15-16,19-20H,8H2/b25-9-/t12-,13-,15-,16+,19+,20-/m1/s1. The first-order chi connectivity index (χ1) is 14.0. The minimum Gasteiger partial charge on any atom is -0.455 e. The molecule has 146 valence electrons. The Labute approximate surface area is 177 Å². The van der Waals surface area contributed by atoms with E-state index in [2.05, 4.69) is 17.3 Å². The Morgan fingerprint density at radius 1 is 1.00 bits per heavy atom.